The fraction of sp³-hybridized carbons (Fsp3) is 0.312. The van der Waals surface area contributed by atoms with Crippen molar-refractivity contribution in [3.8, 4) is 0 Å². The van der Waals surface area contributed by atoms with Gasteiger partial charge < -0.3 is 20.4 Å². The minimum absolute atomic E-state index is 0.0330. The van der Waals surface area contributed by atoms with Gasteiger partial charge in [-0.15, -0.1) is 0 Å². The molecule has 206 valence electrons. The predicted octanol–water partition coefficient (Wildman–Crippen LogP) is 7.78. The summed E-state index contributed by atoms with van der Waals surface area (Å²) in [5.74, 6) is 0. The van der Waals surface area contributed by atoms with Gasteiger partial charge in [0.25, 0.3) is 0 Å². The molecule has 39 heavy (non-hydrogen) atoms. The highest BCUT2D eigenvalue weighted by atomic mass is 19.4. The summed E-state index contributed by atoms with van der Waals surface area (Å²) in [6.07, 6.45) is -2.38. The van der Waals surface area contributed by atoms with Gasteiger partial charge in [0.05, 0.1) is 16.9 Å². The van der Waals surface area contributed by atoms with Crippen LogP contribution in [0.25, 0.3) is 11.4 Å². The summed E-state index contributed by atoms with van der Waals surface area (Å²) < 4.78 is 41.2. The van der Waals surface area contributed by atoms with Crippen molar-refractivity contribution in [2.45, 2.75) is 32.9 Å². The number of nitrogens with zero attached hydrogens (tertiary/aromatic N) is 2. The lowest BCUT2D eigenvalue weighted by Gasteiger charge is -2.39. The number of nitrogens with one attached hydrogen (secondary N) is 2. The summed E-state index contributed by atoms with van der Waals surface area (Å²) in [7, 11) is 0. The second-order valence-electron chi connectivity index (χ2n) is 9.90. The Balaban J connectivity index is 1.61. The standard InChI is InChI=1S/C32H37F3N4/c1-5-6-17-36-24(3)26-15-16-31(39-20-18-38(19-21-39)30-14-10-7-11-23(30)2)29(22-26)37-25(4)27-12-8-9-13-28(27)32(33,34)35/h7-16,22,36-37H,3-6,17-21H2,1-2H3. The third-order valence-electron chi connectivity index (χ3n) is 7.13. The molecule has 0 unspecified atom stereocenters. The molecule has 3 aromatic rings. The Morgan fingerprint density at radius 1 is 0.846 bits per heavy atom. The first-order valence-corrected chi connectivity index (χ1v) is 13.4. The van der Waals surface area contributed by atoms with Gasteiger partial charge in [-0.05, 0) is 48.7 Å². The van der Waals surface area contributed by atoms with Crippen LogP contribution >= 0.6 is 0 Å². The van der Waals surface area contributed by atoms with E-state index in [4.69, 9.17) is 0 Å². The lowest BCUT2D eigenvalue weighted by Crippen LogP contribution is -2.47. The summed E-state index contributed by atoms with van der Waals surface area (Å²) in [5.41, 5.74) is 5.29. The van der Waals surface area contributed by atoms with E-state index in [0.29, 0.717) is 5.69 Å². The number of piperazine rings is 1. The smallest absolute Gasteiger partial charge is 0.385 e. The number of anilines is 3. The van der Waals surface area contributed by atoms with Crippen LogP contribution in [0.15, 0.2) is 79.9 Å². The molecule has 3 aromatic carbocycles. The first-order valence-electron chi connectivity index (χ1n) is 13.4. The van der Waals surface area contributed by atoms with Crippen molar-refractivity contribution in [2.75, 3.05) is 47.8 Å². The first-order chi connectivity index (χ1) is 18.7. The largest absolute Gasteiger partial charge is 0.417 e. The Bertz CT molecular complexity index is 1310. The topological polar surface area (TPSA) is 30.5 Å². The molecule has 0 saturated carbocycles. The molecule has 1 saturated heterocycles. The van der Waals surface area contributed by atoms with Crippen molar-refractivity contribution in [1.29, 1.82) is 0 Å². The number of alkyl halides is 3. The molecule has 0 spiro atoms. The Kier molecular flexibility index (Phi) is 8.90. The van der Waals surface area contributed by atoms with E-state index in [9.17, 15) is 13.2 Å². The average Bonchev–Trinajstić information content (AvgIpc) is 2.93. The maximum atomic E-state index is 13.7. The summed E-state index contributed by atoms with van der Waals surface area (Å²) in [5, 5.41) is 6.59. The Hall–Kier alpha value is -3.87. The van der Waals surface area contributed by atoms with Gasteiger partial charge in [-0.3, -0.25) is 0 Å². The van der Waals surface area contributed by atoms with Gasteiger partial charge >= 0.3 is 6.18 Å². The highest BCUT2D eigenvalue weighted by Crippen LogP contribution is 2.37. The van der Waals surface area contributed by atoms with Crippen molar-refractivity contribution in [3.63, 3.8) is 0 Å². The van der Waals surface area contributed by atoms with E-state index in [0.717, 1.165) is 68.6 Å². The number of rotatable bonds is 10. The van der Waals surface area contributed by atoms with Gasteiger partial charge in [-0.1, -0.05) is 69.0 Å². The highest BCUT2D eigenvalue weighted by Gasteiger charge is 2.33. The summed E-state index contributed by atoms with van der Waals surface area (Å²) in [4.78, 5) is 4.66. The van der Waals surface area contributed by atoms with Crippen molar-refractivity contribution < 1.29 is 13.2 Å². The second kappa shape index (κ2) is 12.3. The van der Waals surface area contributed by atoms with Crippen molar-refractivity contribution >= 4 is 28.5 Å². The number of para-hydroxylation sites is 1. The lowest BCUT2D eigenvalue weighted by atomic mass is 10.0. The second-order valence-corrected chi connectivity index (χ2v) is 9.90. The lowest BCUT2D eigenvalue weighted by molar-refractivity contribution is -0.137. The monoisotopic (exact) mass is 534 g/mol. The molecule has 1 heterocycles. The van der Waals surface area contributed by atoms with Gasteiger partial charge in [0.1, 0.15) is 0 Å². The van der Waals surface area contributed by atoms with Crippen LogP contribution in [0.5, 0.6) is 0 Å². The van der Waals surface area contributed by atoms with Crippen LogP contribution in [0, 0.1) is 6.92 Å². The zero-order chi connectivity index (χ0) is 28.0. The summed E-state index contributed by atoms with van der Waals surface area (Å²) in [6.45, 7) is 16.5. The van der Waals surface area contributed by atoms with E-state index in [2.05, 4.69) is 65.6 Å². The van der Waals surface area contributed by atoms with Gasteiger partial charge in [0, 0.05) is 55.4 Å². The highest BCUT2D eigenvalue weighted by molar-refractivity contribution is 5.85. The molecule has 0 atom stereocenters. The quantitative estimate of drug-likeness (QED) is 0.260. The Morgan fingerprint density at radius 3 is 2.15 bits per heavy atom. The van der Waals surface area contributed by atoms with Gasteiger partial charge in [0.15, 0.2) is 0 Å². The Labute approximate surface area is 229 Å². The minimum Gasteiger partial charge on any atom is -0.385 e. The molecule has 1 aliphatic rings. The maximum absolute atomic E-state index is 13.7. The van der Waals surface area contributed by atoms with Crippen LogP contribution in [0.3, 0.4) is 0 Å². The van der Waals surface area contributed by atoms with E-state index in [1.54, 1.807) is 6.07 Å². The SMILES string of the molecule is C=C(NCCCC)c1ccc(N2CCN(c3ccccc3C)CC2)c(NC(=C)c2ccccc2C(F)(F)F)c1. The molecule has 1 aliphatic heterocycles. The molecule has 4 rings (SSSR count). The van der Waals surface area contributed by atoms with Gasteiger partial charge in [0.2, 0.25) is 0 Å². The van der Waals surface area contributed by atoms with Crippen LogP contribution < -0.4 is 20.4 Å². The Morgan fingerprint density at radius 2 is 1.49 bits per heavy atom. The predicted molar refractivity (Wildman–Crippen MR) is 158 cm³/mol. The number of hydrogen-bond acceptors (Lipinski definition) is 4. The molecular formula is C32H37F3N4. The molecule has 1 fully saturated rings. The summed E-state index contributed by atoms with van der Waals surface area (Å²) in [6, 6.07) is 19.9. The van der Waals surface area contributed by atoms with E-state index in [1.165, 1.54) is 23.4 Å². The molecule has 0 amide bonds. The van der Waals surface area contributed by atoms with E-state index in [1.807, 2.05) is 24.3 Å². The average molecular weight is 535 g/mol. The van der Waals surface area contributed by atoms with Crippen LogP contribution in [0.4, 0.5) is 30.2 Å². The number of benzene rings is 3. The van der Waals surface area contributed by atoms with E-state index in [-0.39, 0.29) is 11.3 Å². The maximum Gasteiger partial charge on any atom is 0.417 e. The zero-order valence-corrected chi connectivity index (χ0v) is 22.7. The molecule has 0 aliphatic carbocycles. The van der Waals surface area contributed by atoms with Gasteiger partial charge in [-0.2, -0.15) is 13.2 Å². The molecule has 0 aromatic heterocycles. The number of halogens is 3. The third kappa shape index (κ3) is 6.77. The van der Waals surface area contributed by atoms with Crippen molar-refractivity contribution in [2.24, 2.45) is 0 Å². The van der Waals surface area contributed by atoms with Crippen LogP contribution in [0.2, 0.25) is 0 Å². The molecule has 0 radical (unpaired) electrons. The fourth-order valence-electron chi connectivity index (χ4n) is 4.95. The number of hydrogen-bond donors (Lipinski definition) is 2. The van der Waals surface area contributed by atoms with Crippen LogP contribution in [-0.2, 0) is 6.18 Å². The van der Waals surface area contributed by atoms with E-state index < -0.39 is 11.7 Å². The molecule has 7 heteroatoms. The molecule has 0 bridgehead atoms. The zero-order valence-electron chi connectivity index (χ0n) is 22.7. The van der Waals surface area contributed by atoms with Crippen LogP contribution in [0.1, 0.15) is 42.0 Å². The van der Waals surface area contributed by atoms with Crippen molar-refractivity contribution in [1.82, 2.24) is 5.32 Å². The molecule has 4 nitrogen and oxygen atoms in total. The number of unbranched alkanes of at least 4 members (excludes halogenated alkanes) is 1. The normalized spacial score (nSPS) is 13.8. The fourth-order valence-corrected chi connectivity index (χ4v) is 4.95. The first kappa shape index (κ1) is 28.1. The summed E-state index contributed by atoms with van der Waals surface area (Å²) >= 11 is 0. The van der Waals surface area contributed by atoms with Gasteiger partial charge in [-0.25, -0.2) is 0 Å². The third-order valence-corrected chi connectivity index (χ3v) is 7.13. The minimum atomic E-state index is -4.48. The van der Waals surface area contributed by atoms with Crippen molar-refractivity contribution in [3.05, 3.63) is 102 Å². The molecule has 2 N–H and O–H groups in total. The van der Waals surface area contributed by atoms with Crippen LogP contribution in [-0.4, -0.2) is 32.7 Å². The number of aryl methyl sites for hydroxylation is 1. The molecular weight excluding hydrogens is 497 g/mol. The van der Waals surface area contributed by atoms with E-state index >= 15 is 0 Å².